The van der Waals surface area contributed by atoms with Crippen LogP contribution < -0.4 is 4.90 Å². The number of rotatable bonds is 2. The molecule has 1 aromatic rings. The molecular formula is C16H22N2O3. The van der Waals surface area contributed by atoms with Crippen molar-refractivity contribution in [2.75, 3.05) is 18.0 Å². The van der Waals surface area contributed by atoms with Gasteiger partial charge in [-0.05, 0) is 31.7 Å². The Morgan fingerprint density at radius 1 is 1.38 bits per heavy atom. The molecule has 1 aliphatic carbocycles. The molecule has 114 valence electrons. The van der Waals surface area contributed by atoms with Gasteiger partial charge in [0, 0.05) is 36.8 Å². The highest BCUT2D eigenvalue weighted by Gasteiger charge is 2.43. The summed E-state index contributed by atoms with van der Waals surface area (Å²) >= 11 is 0. The van der Waals surface area contributed by atoms with E-state index in [2.05, 4.69) is 4.90 Å². The van der Waals surface area contributed by atoms with E-state index in [0.29, 0.717) is 5.92 Å². The number of nitrogens with zero attached hydrogens (tertiary/aromatic N) is 2. The molecule has 3 rings (SSSR count). The molecule has 0 aromatic heterocycles. The second-order valence-corrected chi connectivity index (χ2v) is 6.47. The molecule has 21 heavy (non-hydrogen) atoms. The first-order chi connectivity index (χ1) is 9.99. The standard InChI is InChI=1S/C16H22N2O3/c1-12-5-6-14(18(20)21)10-15(12)17-9-8-16(19)7-3-2-4-13(16)11-17/h5-6,10,13,19H,2-4,7-9,11H2,1H3. The highest BCUT2D eigenvalue weighted by molar-refractivity contribution is 5.59. The van der Waals surface area contributed by atoms with Crippen LogP contribution in [0.3, 0.4) is 0 Å². The van der Waals surface area contributed by atoms with E-state index in [1.54, 1.807) is 12.1 Å². The van der Waals surface area contributed by atoms with Gasteiger partial charge in [-0.1, -0.05) is 18.9 Å². The predicted octanol–water partition coefficient (Wildman–Crippen LogP) is 3.03. The number of benzene rings is 1. The number of nitro benzene ring substituents is 1. The average molecular weight is 290 g/mol. The molecule has 1 saturated heterocycles. The molecule has 1 N–H and O–H groups in total. The zero-order valence-electron chi connectivity index (χ0n) is 12.4. The lowest BCUT2D eigenvalue weighted by Gasteiger charge is -2.48. The molecule has 0 spiro atoms. The Morgan fingerprint density at radius 2 is 2.19 bits per heavy atom. The second-order valence-electron chi connectivity index (χ2n) is 6.47. The summed E-state index contributed by atoms with van der Waals surface area (Å²) in [6.45, 7) is 3.56. The lowest BCUT2D eigenvalue weighted by Crippen LogP contribution is -2.53. The average Bonchev–Trinajstić information content (AvgIpc) is 2.46. The van der Waals surface area contributed by atoms with Crippen molar-refractivity contribution < 1.29 is 10.0 Å². The van der Waals surface area contributed by atoms with E-state index < -0.39 is 5.60 Å². The normalized spacial score (nSPS) is 29.0. The number of aryl methyl sites for hydroxylation is 1. The molecule has 1 aliphatic heterocycles. The molecule has 1 saturated carbocycles. The summed E-state index contributed by atoms with van der Waals surface area (Å²) in [5.74, 6) is 0.290. The van der Waals surface area contributed by atoms with Gasteiger partial charge in [0.05, 0.1) is 10.5 Å². The molecule has 0 bridgehead atoms. The summed E-state index contributed by atoms with van der Waals surface area (Å²) in [6, 6.07) is 5.04. The Balaban J connectivity index is 1.85. The second kappa shape index (κ2) is 5.30. The minimum absolute atomic E-state index is 0.139. The Labute approximate surface area is 124 Å². The van der Waals surface area contributed by atoms with Gasteiger partial charge in [-0.15, -0.1) is 0 Å². The van der Waals surface area contributed by atoms with Crippen LogP contribution in [0.2, 0.25) is 0 Å². The summed E-state index contributed by atoms with van der Waals surface area (Å²) < 4.78 is 0. The fraction of sp³-hybridized carbons (Fsp3) is 0.625. The minimum atomic E-state index is -0.511. The van der Waals surface area contributed by atoms with Gasteiger partial charge >= 0.3 is 0 Å². The number of nitro groups is 1. The number of fused-ring (bicyclic) bond motifs is 1. The summed E-state index contributed by atoms with van der Waals surface area (Å²) in [4.78, 5) is 12.8. The van der Waals surface area contributed by atoms with Crippen LogP contribution >= 0.6 is 0 Å². The Bertz CT molecular complexity index is 560. The molecule has 1 aromatic carbocycles. The molecule has 1 heterocycles. The Morgan fingerprint density at radius 3 is 2.95 bits per heavy atom. The molecule has 5 heteroatoms. The first-order valence-corrected chi connectivity index (χ1v) is 7.72. The van der Waals surface area contributed by atoms with Gasteiger partial charge in [0.1, 0.15) is 0 Å². The van der Waals surface area contributed by atoms with E-state index in [1.807, 2.05) is 13.0 Å². The molecule has 2 atom stereocenters. The molecule has 2 fully saturated rings. The highest BCUT2D eigenvalue weighted by atomic mass is 16.6. The third-order valence-electron chi connectivity index (χ3n) is 5.17. The smallest absolute Gasteiger partial charge is 0.271 e. The van der Waals surface area contributed by atoms with Crippen molar-refractivity contribution in [3.05, 3.63) is 33.9 Å². The maximum absolute atomic E-state index is 11.0. The first-order valence-electron chi connectivity index (χ1n) is 7.72. The lowest BCUT2D eigenvalue weighted by molar-refractivity contribution is -0.384. The number of non-ortho nitro benzene ring substituents is 1. The van der Waals surface area contributed by atoms with Gasteiger partial charge < -0.3 is 10.0 Å². The number of hydrogen-bond acceptors (Lipinski definition) is 4. The van der Waals surface area contributed by atoms with Crippen molar-refractivity contribution in [3.63, 3.8) is 0 Å². The van der Waals surface area contributed by atoms with Crippen LogP contribution in [-0.2, 0) is 0 Å². The third-order valence-corrected chi connectivity index (χ3v) is 5.17. The maximum atomic E-state index is 11.0. The minimum Gasteiger partial charge on any atom is -0.389 e. The van der Waals surface area contributed by atoms with Gasteiger partial charge in [0.15, 0.2) is 0 Å². The number of hydrogen-bond donors (Lipinski definition) is 1. The van der Waals surface area contributed by atoms with E-state index in [-0.39, 0.29) is 10.6 Å². The van der Waals surface area contributed by atoms with Crippen LogP contribution in [0, 0.1) is 23.0 Å². The summed E-state index contributed by atoms with van der Waals surface area (Å²) in [6.07, 6.45) is 5.01. The number of piperidine rings is 1. The topological polar surface area (TPSA) is 66.6 Å². The molecule has 2 aliphatic rings. The van der Waals surface area contributed by atoms with E-state index >= 15 is 0 Å². The maximum Gasteiger partial charge on any atom is 0.271 e. The monoisotopic (exact) mass is 290 g/mol. The van der Waals surface area contributed by atoms with Crippen molar-refractivity contribution in [1.29, 1.82) is 0 Å². The number of aliphatic hydroxyl groups is 1. The Hall–Kier alpha value is -1.62. The van der Waals surface area contributed by atoms with E-state index in [4.69, 9.17) is 0 Å². The fourth-order valence-corrected chi connectivity index (χ4v) is 3.84. The van der Waals surface area contributed by atoms with E-state index in [1.165, 1.54) is 6.42 Å². The van der Waals surface area contributed by atoms with Crippen LogP contribution in [-0.4, -0.2) is 28.7 Å². The van der Waals surface area contributed by atoms with Crippen molar-refractivity contribution >= 4 is 11.4 Å². The van der Waals surface area contributed by atoms with Crippen LogP contribution in [0.4, 0.5) is 11.4 Å². The van der Waals surface area contributed by atoms with Crippen LogP contribution in [0.15, 0.2) is 18.2 Å². The number of anilines is 1. The van der Waals surface area contributed by atoms with Gasteiger partial charge in [-0.25, -0.2) is 0 Å². The summed E-state index contributed by atoms with van der Waals surface area (Å²) in [7, 11) is 0. The fourth-order valence-electron chi connectivity index (χ4n) is 3.84. The van der Waals surface area contributed by atoms with Crippen LogP contribution in [0.5, 0.6) is 0 Å². The van der Waals surface area contributed by atoms with Gasteiger partial charge in [0.25, 0.3) is 5.69 Å². The molecule has 0 amide bonds. The first kappa shape index (κ1) is 14.3. The quantitative estimate of drug-likeness (QED) is 0.671. The van der Waals surface area contributed by atoms with Crippen molar-refractivity contribution in [2.24, 2.45) is 5.92 Å². The molecule has 0 radical (unpaired) electrons. The molecule has 5 nitrogen and oxygen atoms in total. The summed E-state index contributed by atoms with van der Waals surface area (Å²) in [5.41, 5.74) is 1.63. The zero-order chi connectivity index (χ0) is 15.0. The Kier molecular flexibility index (Phi) is 3.61. The largest absolute Gasteiger partial charge is 0.389 e. The van der Waals surface area contributed by atoms with Crippen LogP contribution in [0.1, 0.15) is 37.7 Å². The molecule has 2 unspecified atom stereocenters. The zero-order valence-corrected chi connectivity index (χ0v) is 12.4. The van der Waals surface area contributed by atoms with Crippen LogP contribution in [0.25, 0.3) is 0 Å². The predicted molar refractivity (Wildman–Crippen MR) is 81.6 cm³/mol. The van der Waals surface area contributed by atoms with E-state index in [0.717, 1.165) is 50.0 Å². The van der Waals surface area contributed by atoms with E-state index in [9.17, 15) is 15.2 Å². The summed E-state index contributed by atoms with van der Waals surface area (Å²) in [5, 5.41) is 21.7. The van der Waals surface area contributed by atoms with Crippen molar-refractivity contribution in [1.82, 2.24) is 0 Å². The third kappa shape index (κ3) is 2.62. The van der Waals surface area contributed by atoms with Gasteiger partial charge in [-0.3, -0.25) is 10.1 Å². The van der Waals surface area contributed by atoms with Crippen molar-refractivity contribution in [2.45, 2.75) is 44.6 Å². The molecular weight excluding hydrogens is 268 g/mol. The highest BCUT2D eigenvalue weighted by Crippen LogP contribution is 2.41. The SMILES string of the molecule is Cc1ccc([N+](=O)[O-])cc1N1CCC2(O)CCCCC2C1. The van der Waals surface area contributed by atoms with Gasteiger partial charge in [-0.2, -0.15) is 0 Å². The van der Waals surface area contributed by atoms with Crippen molar-refractivity contribution in [3.8, 4) is 0 Å². The van der Waals surface area contributed by atoms with Gasteiger partial charge in [0.2, 0.25) is 0 Å². The lowest BCUT2D eigenvalue weighted by atomic mass is 9.71.